The topological polar surface area (TPSA) is 107 Å². The number of nitrogens with one attached hydrogen (secondary N) is 1. The summed E-state index contributed by atoms with van der Waals surface area (Å²) in [5.74, 6) is -1.28. The van der Waals surface area contributed by atoms with E-state index in [-0.39, 0.29) is 35.3 Å². The Balaban J connectivity index is -0.00000143. The number of carbonyl (C=O) groups excluding carboxylic acids is 1. The first-order chi connectivity index (χ1) is 14.3. The summed E-state index contributed by atoms with van der Waals surface area (Å²) in [7, 11) is -3.82. The molecule has 0 saturated carbocycles. The summed E-state index contributed by atoms with van der Waals surface area (Å²) in [4.78, 5) is 8.89. The van der Waals surface area contributed by atoms with Crippen LogP contribution in [0.5, 0.6) is 0 Å². The van der Waals surface area contributed by atoms with E-state index in [9.17, 15) is 8.42 Å². The Morgan fingerprint density at radius 2 is 1.19 bits per heavy atom. The van der Waals surface area contributed by atoms with Gasteiger partial charge in [0.1, 0.15) is 0 Å². The maximum Gasteiger partial charge on any atom is 1.00 e. The molecule has 0 amide bonds. The summed E-state index contributed by atoms with van der Waals surface area (Å²) in [6.07, 6.45) is 24.3. The van der Waals surface area contributed by atoms with Crippen molar-refractivity contribution in [3.8, 4) is 0 Å². The van der Waals surface area contributed by atoms with Crippen molar-refractivity contribution in [2.45, 2.75) is 110 Å². The minimum Gasteiger partial charge on any atom is -0.550 e. The maximum atomic E-state index is 10.5. The minimum atomic E-state index is -3.82. The van der Waals surface area contributed by atoms with Gasteiger partial charge < -0.3 is 15.2 Å². The van der Waals surface area contributed by atoms with Crippen LogP contribution in [0, 0.1) is 0 Å². The van der Waals surface area contributed by atoms with Gasteiger partial charge in [-0.1, -0.05) is 83.3 Å². The van der Waals surface area contributed by atoms with Crippen LogP contribution >= 0.6 is 0 Å². The number of hydrogen-bond donors (Lipinski definition) is 2. The van der Waals surface area contributed by atoms with Gasteiger partial charge in [-0.25, -0.2) is 0 Å². The molecule has 0 bridgehead atoms. The first kappa shape index (κ1) is 35.7. The smallest absolute Gasteiger partial charge is 0.550 e. The number of carboxylic acids is 1. The molecule has 0 aromatic heterocycles. The molecule has 0 aromatic carbocycles. The van der Waals surface area contributed by atoms with Crippen LogP contribution in [-0.4, -0.2) is 37.8 Å². The Kier molecular flexibility index (Phi) is 32.3. The molecular formula is C23H46NNaO5S. The van der Waals surface area contributed by atoms with Crippen LogP contribution < -0.4 is 40.0 Å². The van der Waals surface area contributed by atoms with E-state index in [0.29, 0.717) is 6.54 Å². The van der Waals surface area contributed by atoms with Crippen LogP contribution in [0.3, 0.4) is 0 Å². The van der Waals surface area contributed by atoms with Crippen LogP contribution in [0.1, 0.15) is 110 Å². The van der Waals surface area contributed by atoms with E-state index < -0.39 is 16.1 Å². The summed E-state index contributed by atoms with van der Waals surface area (Å²) in [5, 5.41) is 11.9. The second kappa shape index (κ2) is 28.1. The number of carboxylic acid groups (broad SMARTS) is 1. The van der Waals surface area contributed by atoms with Crippen molar-refractivity contribution in [3.63, 3.8) is 0 Å². The molecule has 0 aliphatic heterocycles. The predicted molar refractivity (Wildman–Crippen MR) is 124 cm³/mol. The molecule has 0 aliphatic rings. The third-order valence-corrected chi connectivity index (χ3v) is 5.37. The maximum absolute atomic E-state index is 10.5. The first-order valence-corrected chi connectivity index (χ1v) is 13.4. The SMILES string of the molecule is CC(=O)[O-].CCCCCCCCC=CCCCCCCCCCNCCS(=O)(=O)O.[Na+]. The molecule has 0 saturated heterocycles. The molecule has 0 aliphatic carbocycles. The Hall–Kier alpha value is 0.0800. The van der Waals surface area contributed by atoms with Gasteiger partial charge in [0.2, 0.25) is 0 Å². The number of unbranched alkanes of at least 4 members (excludes halogenated alkanes) is 13. The summed E-state index contributed by atoms with van der Waals surface area (Å²) < 4.78 is 29.7. The number of aliphatic carboxylic acids is 1. The van der Waals surface area contributed by atoms with Gasteiger partial charge in [-0.05, 0) is 45.6 Å². The fourth-order valence-electron chi connectivity index (χ4n) is 3.00. The molecule has 6 nitrogen and oxygen atoms in total. The molecule has 0 rings (SSSR count). The average Bonchev–Trinajstić information content (AvgIpc) is 2.65. The number of allylic oxidation sites excluding steroid dienone is 2. The fraction of sp³-hybridized carbons (Fsp3) is 0.870. The Bertz CT molecular complexity index is 494. The molecule has 0 atom stereocenters. The van der Waals surface area contributed by atoms with E-state index in [2.05, 4.69) is 24.4 Å². The Morgan fingerprint density at radius 1 is 0.806 bits per heavy atom. The van der Waals surface area contributed by atoms with Crippen LogP contribution in [0.25, 0.3) is 0 Å². The van der Waals surface area contributed by atoms with Gasteiger partial charge in [0, 0.05) is 12.5 Å². The van der Waals surface area contributed by atoms with Crippen molar-refractivity contribution in [2.75, 3.05) is 18.8 Å². The van der Waals surface area contributed by atoms with Gasteiger partial charge in [-0.2, -0.15) is 8.42 Å². The van der Waals surface area contributed by atoms with Gasteiger partial charge in [-0.15, -0.1) is 0 Å². The predicted octanol–water partition coefficient (Wildman–Crippen LogP) is 1.65. The molecular weight excluding hydrogens is 425 g/mol. The van der Waals surface area contributed by atoms with E-state index in [1.807, 2.05) is 0 Å². The van der Waals surface area contributed by atoms with E-state index in [1.54, 1.807) is 0 Å². The van der Waals surface area contributed by atoms with Crippen molar-refractivity contribution in [1.82, 2.24) is 5.32 Å². The molecule has 0 heterocycles. The van der Waals surface area contributed by atoms with Gasteiger partial charge >= 0.3 is 29.6 Å². The first-order valence-electron chi connectivity index (χ1n) is 11.8. The molecule has 0 radical (unpaired) electrons. The minimum absolute atomic E-state index is 0. The van der Waals surface area contributed by atoms with Crippen molar-refractivity contribution < 1.29 is 52.4 Å². The van der Waals surface area contributed by atoms with Gasteiger partial charge in [0.25, 0.3) is 10.1 Å². The molecule has 2 N–H and O–H groups in total. The molecule has 0 unspecified atom stereocenters. The third kappa shape index (κ3) is 44.5. The van der Waals surface area contributed by atoms with Gasteiger partial charge in [-0.3, -0.25) is 4.55 Å². The number of carbonyl (C=O) groups is 1. The quantitative estimate of drug-likeness (QED) is 0.121. The van der Waals surface area contributed by atoms with Gasteiger partial charge in [0.05, 0.1) is 5.75 Å². The normalized spacial score (nSPS) is 11.1. The monoisotopic (exact) mass is 471 g/mol. The number of hydrogen-bond acceptors (Lipinski definition) is 5. The third-order valence-electron chi connectivity index (χ3n) is 4.65. The van der Waals surface area contributed by atoms with Crippen molar-refractivity contribution in [1.29, 1.82) is 0 Å². The van der Waals surface area contributed by atoms with E-state index in [0.717, 1.165) is 19.9 Å². The summed E-state index contributed by atoms with van der Waals surface area (Å²) in [6.45, 7) is 4.41. The van der Waals surface area contributed by atoms with Crippen molar-refractivity contribution in [2.24, 2.45) is 0 Å². The number of rotatable bonds is 20. The fourth-order valence-corrected chi connectivity index (χ4v) is 3.40. The summed E-state index contributed by atoms with van der Waals surface area (Å²) >= 11 is 0. The molecule has 180 valence electrons. The van der Waals surface area contributed by atoms with Gasteiger partial charge in [0.15, 0.2) is 0 Å². The molecule has 0 fully saturated rings. The van der Waals surface area contributed by atoms with Crippen molar-refractivity contribution >= 4 is 16.1 Å². The summed E-state index contributed by atoms with van der Waals surface area (Å²) in [6, 6.07) is 0. The summed E-state index contributed by atoms with van der Waals surface area (Å²) in [5.41, 5.74) is 0. The Labute approximate surface area is 214 Å². The molecule has 31 heavy (non-hydrogen) atoms. The molecule has 8 heteroatoms. The van der Waals surface area contributed by atoms with Crippen LogP contribution in [0.2, 0.25) is 0 Å². The average molecular weight is 472 g/mol. The van der Waals surface area contributed by atoms with E-state index >= 15 is 0 Å². The second-order valence-electron chi connectivity index (χ2n) is 7.82. The standard InChI is InChI=1S/C21H43NO3S.C2H4O2.Na/c1-2-3-4-5-6-7-8-9-10-11-12-13-14-15-16-17-18-19-22-20-21-26(23,24)25;1-2(3)4;/h9-10,22H,2-8,11-21H2,1H3,(H,23,24,25);1H3,(H,3,4);/q;;+1/p-1. The van der Waals surface area contributed by atoms with Crippen LogP contribution in [0.15, 0.2) is 12.2 Å². The van der Waals surface area contributed by atoms with Crippen LogP contribution in [-0.2, 0) is 14.9 Å². The molecule has 0 aromatic rings. The second-order valence-corrected chi connectivity index (χ2v) is 9.39. The Morgan fingerprint density at radius 3 is 1.61 bits per heavy atom. The van der Waals surface area contributed by atoms with E-state index in [4.69, 9.17) is 14.5 Å². The van der Waals surface area contributed by atoms with Crippen LogP contribution in [0.4, 0.5) is 0 Å². The zero-order valence-corrected chi connectivity index (χ0v) is 23.2. The zero-order valence-electron chi connectivity index (χ0n) is 20.4. The largest absolute Gasteiger partial charge is 1.00 e. The molecule has 0 spiro atoms. The van der Waals surface area contributed by atoms with Crippen molar-refractivity contribution in [3.05, 3.63) is 12.2 Å². The van der Waals surface area contributed by atoms with E-state index in [1.165, 1.54) is 89.9 Å². The zero-order chi connectivity index (χ0) is 22.9.